The van der Waals surface area contributed by atoms with Crippen molar-refractivity contribution < 1.29 is 13.2 Å². The van der Waals surface area contributed by atoms with Crippen LogP contribution in [0.3, 0.4) is 0 Å². The Bertz CT molecular complexity index is 857. The molecule has 8 heteroatoms. The summed E-state index contributed by atoms with van der Waals surface area (Å²) in [6, 6.07) is 9.46. The predicted octanol–water partition coefficient (Wildman–Crippen LogP) is 2.70. The lowest BCUT2D eigenvalue weighted by Gasteiger charge is -2.33. The number of piperidine rings is 1. The number of halogens is 1. The fourth-order valence-corrected chi connectivity index (χ4v) is 4.93. The quantitative estimate of drug-likeness (QED) is 0.779. The van der Waals surface area contributed by atoms with Gasteiger partial charge in [0.2, 0.25) is 15.9 Å². The van der Waals surface area contributed by atoms with Crippen LogP contribution in [0.2, 0.25) is 0 Å². The van der Waals surface area contributed by atoms with Gasteiger partial charge in [0.15, 0.2) is 0 Å². The molecule has 138 valence electrons. The molecule has 0 bridgehead atoms. The monoisotopic (exact) mass is 437 g/mol. The lowest BCUT2D eigenvalue weighted by atomic mass is 10.0. The number of benzene rings is 1. The van der Waals surface area contributed by atoms with Crippen LogP contribution in [-0.2, 0) is 21.4 Å². The maximum atomic E-state index is 13.0. The van der Waals surface area contributed by atoms with Gasteiger partial charge in [-0.05, 0) is 48.7 Å². The lowest BCUT2D eigenvalue weighted by molar-refractivity contribution is -0.125. The van der Waals surface area contributed by atoms with Crippen LogP contribution in [0, 0.1) is 0 Å². The van der Waals surface area contributed by atoms with Crippen molar-refractivity contribution >= 4 is 31.9 Å². The van der Waals surface area contributed by atoms with Gasteiger partial charge in [0.25, 0.3) is 0 Å². The second-order valence-electron chi connectivity index (χ2n) is 6.16. The molecule has 0 aliphatic carbocycles. The van der Waals surface area contributed by atoms with Gasteiger partial charge in [-0.15, -0.1) is 0 Å². The molecule has 0 saturated carbocycles. The summed E-state index contributed by atoms with van der Waals surface area (Å²) in [4.78, 5) is 16.9. The third-order valence-corrected chi connectivity index (χ3v) is 6.82. The number of hydrogen-bond donors (Lipinski definition) is 1. The molecule has 1 aromatic carbocycles. The summed E-state index contributed by atoms with van der Waals surface area (Å²) >= 11 is 3.31. The Morgan fingerprint density at radius 2 is 2.00 bits per heavy atom. The number of sulfonamides is 1. The minimum Gasteiger partial charge on any atom is -0.351 e. The van der Waals surface area contributed by atoms with Gasteiger partial charge in [0.1, 0.15) is 6.04 Å². The summed E-state index contributed by atoms with van der Waals surface area (Å²) in [5.41, 5.74) is 0.874. The van der Waals surface area contributed by atoms with Crippen molar-refractivity contribution in [1.29, 1.82) is 0 Å². The van der Waals surface area contributed by atoms with Crippen molar-refractivity contribution in [3.05, 3.63) is 58.8 Å². The third kappa shape index (κ3) is 4.31. The van der Waals surface area contributed by atoms with Crippen LogP contribution in [0.1, 0.15) is 24.8 Å². The average Bonchev–Trinajstić information content (AvgIpc) is 2.67. The molecule has 1 aliphatic heterocycles. The highest BCUT2D eigenvalue weighted by atomic mass is 79.9. The van der Waals surface area contributed by atoms with Crippen LogP contribution >= 0.6 is 15.9 Å². The molecule has 1 aliphatic rings. The van der Waals surface area contributed by atoms with E-state index in [-0.39, 0.29) is 10.8 Å². The number of carbonyl (C=O) groups excluding carboxylic acids is 1. The molecule has 2 heterocycles. The van der Waals surface area contributed by atoms with Crippen LogP contribution in [0.5, 0.6) is 0 Å². The maximum absolute atomic E-state index is 13.0. The van der Waals surface area contributed by atoms with Crippen LogP contribution in [0.15, 0.2) is 58.2 Å². The molecule has 0 spiro atoms. The number of amides is 1. The van der Waals surface area contributed by atoms with E-state index in [4.69, 9.17) is 0 Å². The van der Waals surface area contributed by atoms with E-state index in [1.807, 2.05) is 6.07 Å². The molecule has 1 fully saturated rings. The summed E-state index contributed by atoms with van der Waals surface area (Å²) in [5.74, 6) is -0.269. The summed E-state index contributed by atoms with van der Waals surface area (Å²) < 4.78 is 28.2. The minimum absolute atomic E-state index is 0.202. The molecule has 2 aromatic rings. The van der Waals surface area contributed by atoms with Crippen molar-refractivity contribution in [2.24, 2.45) is 0 Å². The van der Waals surface area contributed by atoms with Gasteiger partial charge in [-0.1, -0.05) is 28.4 Å². The topological polar surface area (TPSA) is 79.4 Å². The Hall–Kier alpha value is -1.77. The summed E-state index contributed by atoms with van der Waals surface area (Å²) in [5, 5.41) is 2.84. The maximum Gasteiger partial charge on any atom is 0.243 e. The lowest BCUT2D eigenvalue weighted by Crippen LogP contribution is -2.51. The summed E-state index contributed by atoms with van der Waals surface area (Å²) in [7, 11) is -3.72. The Morgan fingerprint density at radius 3 is 2.69 bits per heavy atom. The van der Waals surface area contributed by atoms with E-state index >= 15 is 0 Å². The van der Waals surface area contributed by atoms with E-state index in [0.29, 0.717) is 19.5 Å². The molecular formula is C18H20BrN3O3S. The Kier molecular flexibility index (Phi) is 6.05. The van der Waals surface area contributed by atoms with E-state index in [0.717, 1.165) is 22.9 Å². The van der Waals surface area contributed by atoms with E-state index in [9.17, 15) is 13.2 Å². The molecule has 1 saturated heterocycles. The molecule has 1 amide bonds. The number of aromatic nitrogens is 1. The first-order chi connectivity index (χ1) is 12.5. The van der Waals surface area contributed by atoms with E-state index in [2.05, 4.69) is 26.2 Å². The molecule has 0 radical (unpaired) electrons. The van der Waals surface area contributed by atoms with Crippen molar-refractivity contribution in [2.45, 2.75) is 36.7 Å². The number of hydrogen-bond acceptors (Lipinski definition) is 4. The zero-order chi connectivity index (χ0) is 18.6. The van der Waals surface area contributed by atoms with E-state index in [1.165, 1.54) is 4.31 Å². The number of rotatable bonds is 5. The molecule has 6 nitrogen and oxygen atoms in total. The SMILES string of the molecule is O=C(NCc1cccnc1)[C@@H]1CCCCN1S(=O)(=O)c1ccc(Br)cc1. The van der Waals surface area contributed by atoms with Crippen LogP contribution in [0.4, 0.5) is 0 Å². The summed E-state index contributed by atoms with van der Waals surface area (Å²) in [6.45, 7) is 0.679. The van der Waals surface area contributed by atoms with Crippen LogP contribution < -0.4 is 5.32 Å². The average molecular weight is 438 g/mol. The fraction of sp³-hybridized carbons (Fsp3) is 0.333. The summed E-state index contributed by atoms with van der Waals surface area (Å²) in [6.07, 6.45) is 5.45. The molecule has 0 unspecified atom stereocenters. The zero-order valence-corrected chi connectivity index (χ0v) is 16.5. The largest absolute Gasteiger partial charge is 0.351 e. The van der Waals surface area contributed by atoms with Gasteiger partial charge in [-0.2, -0.15) is 4.31 Å². The molecule has 1 atom stereocenters. The first-order valence-electron chi connectivity index (χ1n) is 8.42. The Balaban J connectivity index is 1.76. The highest BCUT2D eigenvalue weighted by Gasteiger charge is 2.37. The Labute approximate surface area is 161 Å². The normalized spacial score (nSPS) is 18.4. The fourth-order valence-electron chi connectivity index (χ4n) is 3.01. The first kappa shape index (κ1) is 19.0. The van der Waals surface area contributed by atoms with Gasteiger partial charge in [-0.25, -0.2) is 8.42 Å². The van der Waals surface area contributed by atoms with Crippen molar-refractivity contribution in [1.82, 2.24) is 14.6 Å². The smallest absolute Gasteiger partial charge is 0.243 e. The third-order valence-electron chi connectivity index (χ3n) is 4.37. The standard InChI is InChI=1S/C18H20BrN3O3S/c19-15-6-8-16(9-7-15)26(24,25)22-11-2-1-5-17(22)18(23)21-13-14-4-3-10-20-12-14/h3-4,6-10,12,17H,1-2,5,11,13H2,(H,21,23)/t17-/m0/s1. The minimum atomic E-state index is -3.72. The van der Waals surface area contributed by atoms with Crippen LogP contribution in [-0.4, -0.2) is 36.2 Å². The van der Waals surface area contributed by atoms with Gasteiger partial charge >= 0.3 is 0 Å². The van der Waals surface area contributed by atoms with E-state index in [1.54, 1.807) is 42.7 Å². The number of pyridine rings is 1. The molecule has 1 aromatic heterocycles. The van der Waals surface area contributed by atoms with E-state index < -0.39 is 16.1 Å². The molecular weight excluding hydrogens is 418 g/mol. The second-order valence-corrected chi connectivity index (χ2v) is 8.97. The van der Waals surface area contributed by atoms with Crippen LogP contribution in [0.25, 0.3) is 0 Å². The zero-order valence-electron chi connectivity index (χ0n) is 14.1. The molecule has 1 N–H and O–H groups in total. The molecule has 3 rings (SSSR count). The first-order valence-corrected chi connectivity index (χ1v) is 10.7. The second kappa shape index (κ2) is 8.28. The van der Waals surface area contributed by atoms with Gasteiger partial charge in [0, 0.05) is 30.0 Å². The van der Waals surface area contributed by atoms with Gasteiger partial charge in [-0.3, -0.25) is 9.78 Å². The van der Waals surface area contributed by atoms with Crippen molar-refractivity contribution in [2.75, 3.05) is 6.54 Å². The highest BCUT2D eigenvalue weighted by molar-refractivity contribution is 9.10. The number of nitrogens with zero attached hydrogens (tertiary/aromatic N) is 2. The number of carbonyl (C=O) groups is 1. The van der Waals surface area contributed by atoms with Crippen molar-refractivity contribution in [3.8, 4) is 0 Å². The van der Waals surface area contributed by atoms with Gasteiger partial charge in [0.05, 0.1) is 4.90 Å². The molecule has 26 heavy (non-hydrogen) atoms. The predicted molar refractivity (Wildman–Crippen MR) is 102 cm³/mol. The van der Waals surface area contributed by atoms with Crippen molar-refractivity contribution in [3.63, 3.8) is 0 Å². The highest BCUT2D eigenvalue weighted by Crippen LogP contribution is 2.26. The number of nitrogens with one attached hydrogen (secondary N) is 1. The van der Waals surface area contributed by atoms with Gasteiger partial charge < -0.3 is 5.32 Å². The Morgan fingerprint density at radius 1 is 1.23 bits per heavy atom.